The third kappa shape index (κ3) is 3.90. The van der Waals surface area contributed by atoms with Gasteiger partial charge in [0.2, 0.25) is 0 Å². The zero-order valence-electron chi connectivity index (χ0n) is 18.5. The van der Waals surface area contributed by atoms with E-state index in [-0.39, 0.29) is 11.4 Å². The molecule has 0 bridgehead atoms. The van der Waals surface area contributed by atoms with Crippen molar-refractivity contribution in [2.45, 2.75) is 0 Å². The van der Waals surface area contributed by atoms with Gasteiger partial charge >= 0.3 is 5.69 Å². The predicted molar refractivity (Wildman–Crippen MR) is 129 cm³/mol. The number of aromatic nitrogens is 4. The number of benzene rings is 3. The van der Waals surface area contributed by atoms with Gasteiger partial charge in [0, 0.05) is 17.4 Å². The fourth-order valence-corrected chi connectivity index (χ4v) is 3.77. The predicted octanol–water partition coefficient (Wildman–Crippen LogP) is 3.98. The summed E-state index contributed by atoms with van der Waals surface area (Å²) in [6, 6.07) is 20.1. The van der Waals surface area contributed by atoms with Gasteiger partial charge in [0.25, 0.3) is 5.91 Å². The number of nitrogens with one attached hydrogen (secondary N) is 3. The van der Waals surface area contributed by atoms with Crippen LogP contribution in [0.3, 0.4) is 0 Å². The second-order valence-electron chi connectivity index (χ2n) is 7.53. The maximum atomic E-state index is 13.3. The molecule has 5 aromatic rings. The number of aromatic amines is 2. The summed E-state index contributed by atoms with van der Waals surface area (Å²) in [6.07, 6.45) is 1.80. The first-order valence-corrected chi connectivity index (χ1v) is 10.5. The molecule has 3 aromatic carbocycles. The second kappa shape index (κ2) is 8.62. The molecule has 9 nitrogen and oxygen atoms in total. The first kappa shape index (κ1) is 21.1. The maximum Gasteiger partial charge on any atom is 0.323 e. The Labute approximate surface area is 194 Å². The molecule has 0 saturated heterocycles. The van der Waals surface area contributed by atoms with Gasteiger partial charge in [0.05, 0.1) is 30.9 Å². The standard InChI is InChI=1S/C25H21N5O4/c1-33-21-11-8-15(12-22(21)34-2)18-14-30(17-6-4-3-5-7-17)29-23(18)24(31)26-16-9-10-19-20(13-16)28-25(32)27-19/h3-14H,1-2H3,(H,26,31)(H2,27,28,32). The third-order valence-corrected chi connectivity index (χ3v) is 5.42. The topological polar surface area (TPSA) is 114 Å². The number of rotatable bonds is 6. The Morgan fingerprint density at radius 3 is 2.44 bits per heavy atom. The van der Waals surface area contributed by atoms with Gasteiger partial charge in [-0.15, -0.1) is 0 Å². The lowest BCUT2D eigenvalue weighted by atomic mass is 10.1. The number of imidazole rings is 1. The van der Waals surface area contributed by atoms with Crippen molar-refractivity contribution >= 4 is 22.6 Å². The minimum absolute atomic E-state index is 0.235. The molecule has 3 N–H and O–H groups in total. The SMILES string of the molecule is COc1ccc(-c2cn(-c3ccccc3)nc2C(=O)Nc2ccc3[nH]c(=O)[nH]c3c2)cc1OC. The Morgan fingerprint density at radius 1 is 0.912 bits per heavy atom. The molecule has 0 aliphatic rings. The van der Waals surface area contributed by atoms with E-state index in [4.69, 9.17) is 9.47 Å². The number of ether oxygens (including phenoxy) is 2. The Bertz CT molecular complexity index is 1550. The van der Waals surface area contributed by atoms with Gasteiger partial charge in [-0.2, -0.15) is 5.10 Å². The van der Waals surface area contributed by atoms with Crippen LogP contribution in [0.15, 0.2) is 77.7 Å². The molecule has 1 amide bonds. The molecule has 0 fully saturated rings. The van der Waals surface area contributed by atoms with E-state index in [0.717, 1.165) is 11.3 Å². The summed E-state index contributed by atoms with van der Waals surface area (Å²) in [4.78, 5) is 30.3. The van der Waals surface area contributed by atoms with Crippen LogP contribution in [0.25, 0.3) is 27.8 Å². The van der Waals surface area contributed by atoms with Crippen molar-refractivity contribution in [2.24, 2.45) is 0 Å². The Morgan fingerprint density at radius 2 is 1.68 bits per heavy atom. The molecule has 0 radical (unpaired) electrons. The molecule has 5 rings (SSSR count). The first-order chi connectivity index (χ1) is 16.6. The monoisotopic (exact) mass is 455 g/mol. The number of carbonyl (C=O) groups is 1. The molecule has 0 atom stereocenters. The van der Waals surface area contributed by atoms with Gasteiger partial charge in [-0.25, -0.2) is 9.48 Å². The van der Waals surface area contributed by atoms with Crippen molar-refractivity contribution in [3.8, 4) is 28.3 Å². The number of hydrogen-bond donors (Lipinski definition) is 3. The van der Waals surface area contributed by atoms with E-state index in [1.54, 1.807) is 55.4 Å². The van der Waals surface area contributed by atoms with Crippen molar-refractivity contribution in [2.75, 3.05) is 19.5 Å². The second-order valence-corrected chi connectivity index (χ2v) is 7.53. The minimum atomic E-state index is -0.392. The van der Waals surface area contributed by atoms with Gasteiger partial charge in [-0.05, 0) is 48.0 Å². The van der Waals surface area contributed by atoms with E-state index in [1.807, 2.05) is 36.4 Å². The zero-order chi connectivity index (χ0) is 23.7. The summed E-state index contributed by atoms with van der Waals surface area (Å²) in [5.41, 5.74) is 3.89. The van der Waals surface area contributed by atoms with E-state index >= 15 is 0 Å². The maximum absolute atomic E-state index is 13.3. The molecule has 0 saturated carbocycles. The summed E-state index contributed by atoms with van der Waals surface area (Å²) >= 11 is 0. The lowest BCUT2D eigenvalue weighted by molar-refractivity contribution is 0.102. The van der Waals surface area contributed by atoms with Gasteiger partial charge in [0.1, 0.15) is 0 Å². The number of anilines is 1. The van der Waals surface area contributed by atoms with Crippen LogP contribution in [0.1, 0.15) is 10.5 Å². The molecule has 0 spiro atoms. The highest BCUT2D eigenvalue weighted by molar-refractivity contribution is 6.07. The quantitative estimate of drug-likeness (QED) is 0.358. The number of hydrogen-bond acceptors (Lipinski definition) is 5. The van der Waals surface area contributed by atoms with Crippen molar-refractivity contribution < 1.29 is 14.3 Å². The summed E-state index contributed by atoms with van der Waals surface area (Å²) in [6.45, 7) is 0. The van der Waals surface area contributed by atoms with Crippen LogP contribution >= 0.6 is 0 Å². The van der Waals surface area contributed by atoms with Crippen LogP contribution in [0, 0.1) is 0 Å². The molecule has 170 valence electrons. The minimum Gasteiger partial charge on any atom is -0.493 e. The summed E-state index contributed by atoms with van der Waals surface area (Å²) < 4.78 is 12.4. The molecule has 2 aromatic heterocycles. The average Bonchev–Trinajstić information content (AvgIpc) is 3.47. The van der Waals surface area contributed by atoms with E-state index in [1.165, 1.54) is 0 Å². The molecule has 0 unspecified atom stereocenters. The highest BCUT2D eigenvalue weighted by atomic mass is 16.5. The molecule has 2 heterocycles. The fraction of sp³-hybridized carbons (Fsp3) is 0.0800. The Hall–Kier alpha value is -4.79. The molecule has 9 heteroatoms. The number of H-pyrrole nitrogens is 2. The van der Waals surface area contributed by atoms with Crippen LogP contribution in [-0.4, -0.2) is 39.9 Å². The number of amides is 1. The lowest BCUT2D eigenvalue weighted by Gasteiger charge is -2.10. The van der Waals surface area contributed by atoms with Gasteiger partial charge in [-0.1, -0.05) is 24.3 Å². The van der Waals surface area contributed by atoms with Gasteiger partial charge < -0.3 is 24.8 Å². The molecule has 0 aliphatic heterocycles. The Balaban J connectivity index is 1.57. The number of fused-ring (bicyclic) bond motifs is 1. The summed E-state index contributed by atoms with van der Waals surface area (Å²) in [5.74, 6) is 0.735. The van der Waals surface area contributed by atoms with E-state index in [2.05, 4.69) is 20.4 Å². The number of methoxy groups -OCH3 is 2. The van der Waals surface area contributed by atoms with E-state index in [0.29, 0.717) is 33.8 Å². The number of carbonyl (C=O) groups excluding carboxylic acids is 1. The van der Waals surface area contributed by atoms with Crippen LogP contribution < -0.4 is 20.5 Å². The van der Waals surface area contributed by atoms with Crippen LogP contribution in [-0.2, 0) is 0 Å². The van der Waals surface area contributed by atoms with Crippen LogP contribution in [0.4, 0.5) is 5.69 Å². The summed E-state index contributed by atoms with van der Waals surface area (Å²) in [5, 5.41) is 7.47. The largest absolute Gasteiger partial charge is 0.493 e. The average molecular weight is 455 g/mol. The van der Waals surface area contributed by atoms with Crippen molar-refractivity contribution in [1.29, 1.82) is 0 Å². The van der Waals surface area contributed by atoms with Crippen LogP contribution in [0.2, 0.25) is 0 Å². The fourth-order valence-electron chi connectivity index (χ4n) is 3.77. The van der Waals surface area contributed by atoms with Crippen molar-refractivity contribution in [3.63, 3.8) is 0 Å². The van der Waals surface area contributed by atoms with Crippen molar-refractivity contribution in [3.05, 3.63) is 89.1 Å². The lowest BCUT2D eigenvalue weighted by Crippen LogP contribution is -2.14. The normalized spacial score (nSPS) is 10.9. The summed E-state index contributed by atoms with van der Waals surface area (Å²) in [7, 11) is 3.13. The number of para-hydroxylation sites is 1. The van der Waals surface area contributed by atoms with Crippen molar-refractivity contribution in [1.82, 2.24) is 19.7 Å². The zero-order valence-corrected chi connectivity index (χ0v) is 18.5. The van der Waals surface area contributed by atoms with Gasteiger partial charge in [-0.3, -0.25) is 4.79 Å². The van der Waals surface area contributed by atoms with E-state index in [9.17, 15) is 9.59 Å². The smallest absolute Gasteiger partial charge is 0.323 e. The highest BCUT2D eigenvalue weighted by Crippen LogP contribution is 2.34. The first-order valence-electron chi connectivity index (χ1n) is 10.5. The van der Waals surface area contributed by atoms with Crippen LogP contribution in [0.5, 0.6) is 11.5 Å². The molecule has 0 aliphatic carbocycles. The van der Waals surface area contributed by atoms with Gasteiger partial charge in [0.15, 0.2) is 17.2 Å². The molecular formula is C25H21N5O4. The van der Waals surface area contributed by atoms with E-state index < -0.39 is 5.91 Å². The Kier molecular flexibility index (Phi) is 5.35. The number of nitrogens with zero attached hydrogens (tertiary/aromatic N) is 2. The molecule has 34 heavy (non-hydrogen) atoms. The third-order valence-electron chi connectivity index (χ3n) is 5.42. The molecular weight excluding hydrogens is 434 g/mol. The highest BCUT2D eigenvalue weighted by Gasteiger charge is 2.20.